The van der Waals surface area contributed by atoms with Crippen molar-refractivity contribution in [2.75, 3.05) is 13.2 Å². The van der Waals surface area contributed by atoms with Gasteiger partial charge in [-0.2, -0.15) is 0 Å². The van der Waals surface area contributed by atoms with E-state index in [1.54, 1.807) is 18.2 Å². The normalized spacial score (nSPS) is 10.2. The Morgan fingerprint density at radius 2 is 1.71 bits per heavy atom. The molecule has 0 bridgehead atoms. The first-order chi connectivity index (χ1) is 6.72. The molecule has 1 rings (SSSR count). The third-order valence-electron chi connectivity index (χ3n) is 1.70. The van der Waals surface area contributed by atoms with Crippen LogP contribution >= 0.6 is 23.2 Å². The highest BCUT2D eigenvalue weighted by Gasteiger charge is 1.98. The van der Waals surface area contributed by atoms with Crippen LogP contribution in [0.15, 0.2) is 18.2 Å². The zero-order chi connectivity index (χ0) is 10.4. The van der Waals surface area contributed by atoms with Crippen molar-refractivity contribution in [3.63, 3.8) is 0 Å². The van der Waals surface area contributed by atoms with Crippen molar-refractivity contribution in [2.45, 2.75) is 12.8 Å². The molecule has 2 nitrogen and oxygen atoms in total. The standard InChI is InChI=1S/C10H13Cl2NO/c11-8-5-9(12)7-10(6-8)14-4-2-1-3-13/h5-7H,1-4,13H2. The number of halogens is 2. The molecule has 0 aromatic heterocycles. The van der Waals surface area contributed by atoms with E-state index in [0.717, 1.165) is 12.8 Å². The molecule has 0 fully saturated rings. The summed E-state index contributed by atoms with van der Waals surface area (Å²) in [6.07, 6.45) is 1.91. The molecule has 0 spiro atoms. The van der Waals surface area contributed by atoms with Gasteiger partial charge in [0.05, 0.1) is 6.61 Å². The van der Waals surface area contributed by atoms with E-state index in [9.17, 15) is 0 Å². The van der Waals surface area contributed by atoms with Crippen LogP contribution in [-0.2, 0) is 0 Å². The Hall–Kier alpha value is -0.440. The zero-order valence-corrected chi connectivity index (χ0v) is 9.31. The first kappa shape index (κ1) is 11.6. The highest BCUT2D eigenvalue weighted by molar-refractivity contribution is 6.34. The van der Waals surface area contributed by atoms with Gasteiger partial charge in [0.2, 0.25) is 0 Å². The molecule has 1 aromatic rings. The molecule has 0 aliphatic rings. The number of benzene rings is 1. The van der Waals surface area contributed by atoms with Gasteiger partial charge in [-0.1, -0.05) is 23.2 Å². The lowest BCUT2D eigenvalue weighted by Gasteiger charge is -2.06. The van der Waals surface area contributed by atoms with E-state index in [4.69, 9.17) is 33.7 Å². The van der Waals surface area contributed by atoms with Crippen LogP contribution in [0.1, 0.15) is 12.8 Å². The second-order valence-electron chi connectivity index (χ2n) is 2.95. The Bertz CT molecular complexity index is 271. The highest BCUT2D eigenvalue weighted by Crippen LogP contribution is 2.24. The average Bonchev–Trinajstić information content (AvgIpc) is 2.11. The summed E-state index contributed by atoms with van der Waals surface area (Å²) in [5.41, 5.74) is 5.36. The molecule has 78 valence electrons. The summed E-state index contributed by atoms with van der Waals surface area (Å²) in [7, 11) is 0. The minimum absolute atomic E-state index is 0.589. The molecule has 0 saturated carbocycles. The number of hydrogen-bond donors (Lipinski definition) is 1. The number of rotatable bonds is 5. The maximum atomic E-state index is 5.81. The van der Waals surface area contributed by atoms with E-state index in [-0.39, 0.29) is 0 Å². The lowest BCUT2D eigenvalue weighted by molar-refractivity contribution is 0.308. The van der Waals surface area contributed by atoms with Crippen LogP contribution in [0.2, 0.25) is 10.0 Å². The predicted octanol–water partition coefficient (Wildman–Crippen LogP) is 3.11. The van der Waals surface area contributed by atoms with Gasteiger partial charge in [0.25, 0.3) is 0 Å². The average molecular weight is 234 g/mol. The second kappa shape index (κ2) is 6.12. The number of ether oxygens (including phenoxy) is 1. The highest BCUT2D eigenvalue weighted by atomic mass is 35.5. The van der Waals surface area contributed by atoms with Gasteiger partial charge in [-0.15, -0.1) is 0 Å². The van der Waals surface area contributed by atoms with Crippen LogP contribution in [0.25, 0.3) is 0 Å². The Morgan fingerprint density at radius 3 is 2.29 bits per heavy atom. The van der Waals surface area contributed by atoms with Crippen LogP contribution in [0, 0.1) is 0 Å². The lowest BCUT2D eigenvalue weighted by Crippen LogP contribution is -2.03. The van der Waals surface area contributed by atoms with Crippen LogP contribution in [-0.4, -0.2) is 13.2 Å². The van der Waals surface area contributed by atoms with Gasteiger partial charge in [0, 0.05) is 10.0 Å². The van der Waals surface area contributed by atoms with Gasteiger partial charge >= 0.3 is 0 Å². The summed E-state index contributed by atoms with van der Waals surface area (Å²) in [4.78, 5) is 0. The van der Waals surface area contributed by atoms with E-state index in [1.807, 2.05) is 0 Å². The van der Waals surface area contributed by atoms with Gasteiger partial charge in [-0.05, 0) is 37.6 Å². The molecule has 0 atom stereocenters. The summed E-state index contributed by atoms with van der Waals surface area (Å²) < 4.78 is 5.45. The van der Waals surface area contributed by atoms with E-state index >= 15 is 0 Å². The second-order valence-corrected chi connectivity index (χ2v) is 3.82. The monoisotopic (exact) mass is 233 g/mol. The third-order valence-corrected chi connectivity index (χ3v) is 2.14. The van der Waals surface area contributed by atoms with E-state index in [1.165, 1.54) is 0 Å². The van der Waals surface area contributed by atoms with E-state index in [0.29, 0.717) is 28.9 Å². The van der Waals surface area contributed by atoms with Gasteiger partial charge < -0.3 is 10.5 Å². The van der Waals surface area contributed by atoms with Crippen LogP contribution in [0.5, 0.6) is 5.75 Å². The van der Waals surface area contributed by atoms with Crippen molar-refractivity contribution < 1.29 is 4.74 Å². The molecule has 14 heavy (non-hydrogen) atoms. The summed E-state index contributed by atoms with van der Waals surface area (Å²) >= 11 is 11.6. The summed E-state index contributed by atoms with van der Waals surface area (Å²) in [5, 5.41) is 1.18. The summed E-state index contributed by atoms with van der Waals surface area (Å²) in [5.74, 6) is 0.708. The minimum Gasteiger partial charge on any atom is -0.493 e. The Kier molecular flexibility index (Phi) is 5.09. The fraction of sp³-hybridized carbons (Fsp3) is 0.400. The molecule has 2 N–H and O–H groups in total. The molecule has 0 amide bonds. The van der Waals surface area contributed by atoms with Crippen molar-refractivity contribution in [3.8, 4) is 5.75 Å². The largest absolute Gasteiger partial charge is 0.493 e. The number of hydrogen-bond acceptors (Lipinski definition) is 2. The lowest BCUT2D eigenvalue weighted by atomic mass is 10.3. The molecular formula is C10H13Cl2NO. The van der Waals surface area contributed by atoms with E-state index < -0.39 is 0 Å². The number of nitrogens with two attached hydrogens (primary N) is 1. The first-order valence-electron chi connectivity index (χ1n) is 4.51. The Morgan fingerprint density at radius 1 is 1.07 bits per heavy atom. The summed E-state index contributed by atoms with van der Waals surface area (Å²) in [6, 6.07) is 5.17. The van der Waals surface area contributed by atoms with Crippen molar-refractivity contribution in [1.29, 1.82) is 0 Å². The number of unbranched alkanes of at least 4 members (excludes halogenated alkanes) is 1. The quantitative estimate of drug-likeness (QED) is 0.794. The maximum Gasteiger partial charge on any atom is 0.122 e. The van der Waals surface area contributed by atoms with Gasteiger partial charge in [-0.3, -0.25) is 0 Å². The van der Waals surface area contributed by atoms with Crippen molar-refractivity contribution >= 4 is 23.2 Å². The molecule has 0 aliphatic carbocycles. The first-order valence-corrected chi connectivity index (χ1v) is 5.27. The predicted molar refractivity (Wildman–Crippen MR) is 60.2 cm³/mol. The van der Waals surface area contributed by atoms with Gasteiger partial charge in [0.15, 0.2) is 0 Å². The van der Waals surface area contributed by atoms with Crippen LogP contribution in [0.3, 0.4) is 0 Å². The van der Waals surface area contributed by atoms with E-state index in [2.05, 4.69) is 0 Å². The Balaban J connectivity index is 2.42. The van der Waals surface area contributed by atoms with Crippen LogP contribution in [0.4, 0.5) is 0 Å². The SMILES string of the molecule is NCCCCOc1cc(Cl)cc(Cl)c1. The minimum atomic E-state index is 0.589. The van der Waals surface area contributed by atoms with Crippen molar-refractivity contribution in [1.82, 2.24) is 0 Å². The van der Waals surface area contributed by atoms with Crippen LogP contribution < -0.4 is 10.5 Å². The van der Waals surface area contributed by atoms with Crippen molar-refractivity contribution in [2.24, 2.45) is 5.73 Å². The summed E-state index contributed by atoms with van der Waals surface area (Å²) in [6.45, 7) is 1.34. The van der Waals surface area contributed by atoms with Gasteiger partial charge in [0.1, 0.15) is 5.75 Å². The molecule has 4 heteroatoms. The molecule has 1 aromatic carbocycles. The molecule has 0 aliphatic heterocycles. The van der Waals surface area contributed by atoms with Crippen molar-refractivity contribution in [3.05, 3.63) is 28.2 Å². The topological polar surface area (TPSA) is 35.2 Å². The molecule has 0 saturated heterocycles. The molecule has 0 heterocycles. The Labute approximate surface area is 94.0 Å². The fourth-order valence-electron chi connectivity index (χ4n) is 1.05. The zero-order valence-electron chi connectivity index (χ0n) is 7.80. The maximum absolute atomic E-state index is 5.81. The third kappa shape index (κ3) is 4.18. The fourth-order valence-corrected chi connectivity index (χ4v) is 1.55. The van der Waals surface area contributed by atoms with Gasteiger partial charge in [-0.25, -0.2) is 0 Å². The molecular weight excluding hydrogens is 221 g/mol. The molecule has 0 unspecified atom stereocenters. The molecule has 0 radical (unpaired) electrons. The smallest absolute Gasteiger partial charge is 0.122 e.